The van der Waals surface area contributed by atoms with Crippen LogP contribution in [-0.2, 0) is 10.7 Å². The number of thiol groups is 1. The number of halogens is 1. The van der Waals surface area contributed by atoms with Crippen molar-refractivity contribution in [2.45, 2.75) is 0 Å². The van der Waals surface area contributed by atoms with Crippen LogP contribution in [0.5, 0.6) is 0 Å². The van der Waals surface area contributed by atoms with Gasteiger partial charge in [-0.15, -0.1) is 12.4 Å². The summed E-state index contributed by atoms with van der Waals surface area (Å²) in [5.41, 5.74) is 0. The lowest BCUT2D eigenvalue weighted by molar-refractivity contribution is 0.276. The molecule has 0 aliphatic heterocycles. The molecule has 0 aromatic heterocycles. The van der Waals surface area contributed by atoms with Crippen molar-refractivity contribution in [1.82, 2.24) is 0 Å². The van der Waals surface area contributed by atoms with Crippen molar-refractivity contribution in [3.8, 4) is 0 Å². The molecule has 0 aliphatic rings. The Hall–Kier alpha value is 0.460. The van der Waals surface area contributed by atoms with Gasteiger partial charge in [0.2, 0.25) is 0 Å². The van der Waals surface area contributed by atoms with E-state index in [1.807, 2.05) is 0 Å². The molecule has 0 bridgehead atoms. The van der Waals surface area contributed by atoms with E-state index in [1.165, 1.54) is 6.26 Å². The number of nitrogens with one attached hydrogen (secondary N) is 1. The third-order valence-corrected chi connectivity index (χ3v) is 1.61. The first-order valence-electron chi connectivity index (χ1n) is 1.24. The van der Waals surface area contributed by atoms with Crippen LogP contribution in [0.4, 0.5) is 4.79 Å². The van der Waals surface area contributed by atoms with Crippen LogP contribution in [0.25, 0.3) is 0 Å². The second-order valence-corrected chi connectivity index (χ2v) is 2.88. The van der Waals surface area contributed by atoms with E-state index in [4.69, 9.17) is 4.78 Å². The van der Waals surface area contributed by atoms with Gasteiger partial charge in [-0.05, 0) is 10.7 Å². The molecule has 0 heterocycles. The Morgan fingerprint density at radius 3 is 2.00 bits per heavy atom. The Balaban J connectivity index is 0. The Bertz CT molecular complexity index is 81.7. The predicted molar refractivity (Wildman–Crippen MR) is 37.6 cm³/mol. The van der Waals surface area contributed by atoms with Gasteiger partial charge < -0.3 is 0 Å². The molecule has 0 saturated carbocycles. The van der Waals surface area contributed by atoms with Gasteiger partial charge in [0.25, 0.3) is 4.45 Å². The normalized spacial score (nSPS) is 11.7. The van der Waals surface area contributed by atoms with E-state index in [9.17, 15) is 4.79 Å². The van der Waals surface area contributed by atoms with E-state index in [0.29, 0.717) is 0 Å². The SMILES string of the molecule is CS(=N)C(=O)S.Cl. The zero-order valence-corrected chi connectivity index (χ0v) is 6.20. The van der Waals surface area contributed by atoms with Gasteiger partial charge in [0.1, 0.15) is 0 Å². The van der Waals surface area contributed by atoms with E-state index in [-0.39, 0.29) is 16.9 Å². The summed E-state index contributed by atoms with van der Waals surface area (Å²) in [4.78, 5) is 9.83. The lowest BCUT2D eigenvalue weighted by Crippen LogP contribution is -1.87. The molecule has 2 nitrogen and oxygen atoms in total. The minimum Gasteiger partial charge on any atom is -0.274 e. The monoisotopic (exact) mass is 159 g/mol. The molecule has 0 rings (SSSR count). The van der Waals surface area contributed by atoms with Gasteiger partial charge >= 0.3 is 0 Å². The largest absolute Gasteiger partial charge is 0.274 e. The number of carbonyl (C=O) groups is 1. The molecule has 44 valence electrons. The molecule has 5 heteroatoms. The third kappa shape index (κ3) is 6.46. The fourth-order valence-electron chi connectivity index (χ4n) is 0. The molecule has 0 aromatic carbocycles. The molecule has 0 fully saturated rings. The second-order valence-electron chi connectivity index (χ2n) is 0.776. The maximum Gasteiger partial charge on any atom is 0.253 e. The van der Waals surface area contributed by atoms with Crippen LogP contribution in [0, 0.1) is 4.78 Å². The molecule has 1 atom stereocenters. The maximum atomic E-state index is 9.83. The van der Waals surface area contributed by atoms with Gasteiger partial charge in [-0.25, -0.2) is 0 Å². The smallest absolute Gasteiger partial charge is 0.253 e. The van der Waals surface area contributed by atoms with Crippen molar-refractivity contribution in [2.24, 2.45) is 0 Å². The summed E-state index contributed by atoms with van der Waals surface area (Å²) < 4.78 is 6.28. The van der Waals surface area contributed by atoms with Crippen molar-refractivity contribution in [3.63, 3.8) is 0 Å². The highest BCUT2D eigenvalue weighted by Gasteiger charge is 1.88. The standard InChI is InChI=1S/C2H5NOS2.ClH/c1-6(3)2(4)5;/h3H,1H3,(H,4,5);1H. The van der Waals surface area contributed by atoms with E-state index in [0.717, 1.165) is 0 Å². The third-order valence-electron chi connectivity index (χ3n) is 0.262. The highest BCUT2D eigenvalue weighted by Crippen LogP contribution is 1.85. The fourth-order valence-corrected chi connectivity index (χ4v) is 0. The zero-order chi connectivity index (χ0) is 5.15. The first kappa shape index (κ1) is 10.4. The van der Waals surface area contributed by atoms with E-state index in [1.54, 1.807) is 0 Å². The predicted octanol–water partition coefficient (Wildman–Crippen LogP) is 1.47. The average Bonchev–Trinajstić information content (AvgIpc) is 1.36. The Kier molecular flexibility index (Phi) is 6.88. The minimum atomic E-state index is -0.892. The average molecular weight is 160 g/mol. The summed E-state index contributed by atoms with van der Waals surface area (Å²) in [6, 6.07) is 0. The molecule has 0 aromatic rings. The van der Waals surface area contributed by atoms with E-state index >= 15 is 0 Å². The van der Waals surface area contributed by atoms with Gasteiger partial charge in [-0.2, -0.15) is 0 Å². The van der Waals surface area contributed by atoms with Crippen molar-refractivity contribution in [1.29, 1.82) is 4.78 Å². The van der Waals surface area contributed by atoms with Crippen LogP contribution >= 0.6 is 25.0 Å². The molecule has 0 amide bonds. The van der Waals surface area contributed by atoms with Gasteiger partial charge in [0, 0.05) is 6.26 Å². The molecule has 0 aliphatic carbocycles. The number of carbonyl (C=O) groups excluding carboxylic acids is 1. The van der Waals surface area contributed by atoms with Gasteiger partial charge in [-0.1, -0.05) is 12.6 Å². The first-order valence-corrected chi connectivity index (χ1v) is 3.32. The van der Waals surface area contributed by atoms with Crippen molar-refractivity contribution in [2.75, 3.05) is 6.26 Å². The summed E-state index contributed by atoms with van der Waals surface area (Å²) in [6.45, 7) is 0. The van der Waals surface area contributed by atoms with E-state index in [2.05, 4.69) is 12.6 Å². The molecule has 0 saturated heterocycles. The lowest BCUT2D eigenvalue weighted by atomic mass is 11.8. The van der Waals surface area contributed by atoms with Crippen LogP contribution in [0.1, 0.15) is 0 Å². The Morgan fingerprint density at radius 1 is 1.86 bits per heavy atom. The Labute approximate surface area is 56.4 Å². The van der Waals surface area contributed by atoms with Crippen LogP contribution < -0.4 is 0 Å². The molecule has 0 radical (unpaired) electrons. The van der Waals surface area contributed by atoms with Gasteiger partial charge in [0.15, 0.2) is 0 Å². The van der Waals surface area contributed by atoms with E-state index < -0.39 is 10.7 Å². The molecular formula is C2H6ClNOS2. The summed E-state index contributed by atoms with van der Waals surface area (Å²) in [7, 11) is -0.892. The number of hydrogen-bond acceptors (Lipinski definition) is 2. The summed E-state index contributed by atoms with van der Waals surface area (Å²) in [6.07, 6.45) is 1.51. The molecule has 0 spiro atoms. The van der Waals surface area contributed by atoms with Crippen molar-refractivity contribution < 1.29 is 4.79 Å². The van der Waals surface area contributed by atoms with Gasteiger partial charge in [0.05, 0.1) is 0 Å². The molecular weight excluding hydrogens is 154 g/mol. The summed E-state index contributed by atoms with van der Waals surface area (Å²) in [5.74, 6) is 0. The van der Waals surface area contributed by atoms with Crippen molar-refractivity contribution >= 4 is 40.2 Å². The van der Waals surface area contributed by atoms with Gasteiger partial charge in [-0.3, -0.25) is 9.57 Å². The van der Waals surface area contributed by atoms with Crippen LogP contribution in [0.2, 0.25) is 0 Å². The maximum absolute atomic E-state index is 9.83. The van der Waals surface area contributed by atoms with Crippen molar-refractivity contribution in [3.05, 3.63) is 0 Å². The molecule has 1 unspecified atom stereocenters. The zero-order valence-electron chi connectivity index (χ0n) is 3.67. The fraction of sp³-hybridized carbons (Fsp3) is 0.500. The Morgan fingerprint density at radius 2 is 2.00 bits per heavy atom. The number of rotatable bonds is 0. The van der Waals surface area contributed by atoms with Crippen LogP contribution in [-0.4, -0.2) is 10.7 Å². The minimum absolute atomic E-state index is 0. The molecule has 1 N–H and O–H groups in total. The highest BCUT2D eigenvalue weighted by molar-refractivity contribution is 8.24. The van der Waals surface area contributed by atoms with Crippen LogP contribution in [0.3, 0.4) is 0 Å². The number of hydrogen-bond donors (Lipinski definition) is 2. The topological polar surface area (TPSA) is 40.9 Å². The summed E-state index contributed by atoms with van der Waals surface area (Å²) in [5, 5.41) is 0. The second kappa shape index (κ2) is 4.61. The first-order chi connectivity index (χ1) is 2.64. The summed E-state index contributed by atoms with van der Waals surface area (Å²) >= 11 is 3.38. The lowest BCUT2D eigenvalue weighted by Gasteiger charge is -1.80. The quantitative estimate of drug-likeness (QED) is 0.517. The molecule has 7 heavy (non-hydrogen) atoms. The highest BCUT2D eigenvalue weighted by atomic mass is 35.5. The van der Waals surface area contributed by atoms with Crippen LogP contribution in [0.15, 0.2) is 0 Å².